The van der Waals surface area contributed by atoms with Crippen LogP contribution in [0.3, 0.4) is 0 Å². The minimum atomic E-state index is -0.700. The largest absolute Gasteiger partial charge is 0.443 e. The second kappa shape index (κ2) is 9.95. The van der Waals surface area contributed by atoms with Crippen LogP contribution in [0.25, 0.3) is 11.3 Å². The van der Waals surface area contributed by atoms with E-state index >= 15 is 0 Å². The maximum absolute atomic E-state index is 13.8. The summed E-state index contributed by atoms with van der Waals surface area (Å²) in [5, 5.41) is 0. The van der Waals surface area contributed by atoms with Crippen LogP contribution in [0.1, 0.15) is 56.7 Å². The molecular formula is C26H33N7O2. The van der Waals surface area contributed by atoms with Crippen LogP contribution in [0, 0.1) is 13.8 Å². The van der Waals surface area contributed by atoms with Crippen LogP contribution < -0.4 is 10.6 Å². The molecule has 3 aromatic heterocycles. The summed E-state index contributed by atoms with van der Waals surface area (Å²) in [5.74, 6) is 0.356. The van der Waals surface area contributed by atoms with E-state index in [-0.39, 0.29) is 0 Å². The van der Waals surface area contributed by atoms with Crippen LogP contribution in [0.2, 0.25) is 0 Å². The third-order valence-corrected chi connectivity index (χ3v) is 6.00. The third kappa shape index (κ3) is 5.24. The first-order chi connectivity index (χ1) is 16.7. The van der Waals surface area contributed by atoms with E-state index in [1.54, 1.807) is 17.3 Å². The number of likely N-dealkylation sites (tertiary alicyclic amines) is 1. The number of anilines is 2. The standard InChI is InChI=1S/C26H33N7O2/c1-17-21(19-11-13-28-16-30-19)18(2)31-23(22(17)27)33(25(34)35-26(3,4)5)24(32-14-8-9-15-32)20-10-6-7-12-29-20/h6-7,10-13,16,24H,8-9,14-15,27H2,1-5H3. The molecule has 4 rings (SSSR count). The Bertz CT molecular complexity index is 1170. The van der Waals surface area contributed by atoms with Gasteiger partial charge in [-0.15, -0.1) is 0 Å². The van der Waals surface area contributed by atoms with Gasteiger partial charge in [-0.1, -0.05) is 6.07 Å². The summed E-state index contributed by atoms with van der Waals surface area (Å²) in [5.41, 5.74) is 10.2. The molecular weight excluding hydrogens is 442 g/mol. The van der Waals surface area contributed by atoms with Gasteiger partial charge in [0.2, 0.25) is 0 Å². The van der Waals surface area contributed by atoms with E-state index in [9.17, 15) is 4.79 Å². The SMILES string of the molecule is Cc1nc(N(C(=O)OC(C)(C)C)C(c2ccccn2)N2CCCC2)c(N)c(C)c1-c1ccncn1. The second-order valence-corrected chi connectivity index (χ2v) is 9.75. The first kappa shape index (κ1) is 24.5. The molecule has 3 aromatic rings. The monoisotopic (exact) mass is 475 g/mol. The van der Waals surface area contributed by atoms with Crippen LogP contribution in [-0.2, 0) is 4.74 Å². The Hall–Kier alpha value is -3.59. The van der Waals surface area contributed by atoms with Crippen molar-refractivity contribution in [3.05, 3.63) is 59.9 Å². The van der Waals surface area contributed by atoms with E-state index in [1.165, 1.54) is 6.33 Å². The number of rotatable bonds is 5. The molecule has 1 aliphatic heterocycles. The Morgan fingerprint density at radius 3 is 2.46 bits per heavy atom. The van der Waals surface area contributed by atoms with Gasteiger partial charge in [0.05, 0.1) is 17.1 Å². The van der Waals surface area contributed by atoms with Crippen LogP contribution in [0.4, 0.5) is 16.3 Å². The third-order valence-electron chi connectivity index (χ3n) is 6.00. The fourth-order valence-corrected chi connectivity index (χ4v) is 4.46. The number of carbonyl (C=O) groups is 1. The van der Waals surface area contributed by atoms with Gasteiger partial charge in [-0.3, -0.25) is 9.88 Å². The molecule has 1 saturated heterocycles. The number of nitrogens with two attached hydrogens (primary N) is 1. The first-order valence-corrected chi connectivity index (χ1v) is 11.9. The van der Waals surface area contributed by atoms with Crippen molar-refractivity contribution in [2.24, 2.45) is 0 Å². The zero-order valence-electron chi connectivity index (χ0n) is 21.0. The van der Waals surface area contributed by atoms with Gasteiger partial charge in [-0.05, 0) is 71.2 Å². The molecule has 1 unspecified atom stereocenters. The van der Waals surface area contributed by atoms with Crippen LogP contribution in [0.5, 0.6) is 0 Å². The van der Waals surface area contributed by atoms with Crippen molar-refractivity contribution in [3.63, 3.8) is 0 Å². The summed E-state index contributed by atoms with van der Waals surface area (Å²) >= 11 is 0. The maximum Gasteiger partial charge on any atom is 0.417 e. The molecule has 4 heterocycles. The number of hydrogen-bond donors (Lipinski definition) is 1. The minimum Gasteiger partial charge on any atom is -0.443 e. The predicted octanol–water partition coefficient (Wildman–Crippen LogP) is 4.67. The van der Waals surface area contributed by atoms with Gasteiger partial charge in [0, 0.05) is 36.7 Å². The molecule has 2 N–H and O–H groups in total. The molecule has 0 bridgehead atoms. The normalized spacial score (nSPS) is 15.1. The highest BCUT2D eigenvalue weighted by atomic mass is 16.6. The van der Waals surface area contributed by atoms with Crippen LogP contribution >= 0.6 is 0 Å². The highest BCUT2D eigenvalue weighted by Gasteiger charge is 2.39. The lowest BCUT2D eigenvalue weighted by atomic mass is 10.0. The zero-order valence-corrected chi connectivity index (χ0v) is 21.0. The number of amides is 1. The van der Waals surface area contributed by atoms with Gasteiger partial charge in [-0.2, -0.15) is 0 Å². The molecule has 184 valence electrons. The molecule has 0 aliphatic carbocycles. The highest BCUT2D eigenvalue weighted by molar-refractivity contribution is 5.93. The van der Waals surface area contributed by atoms with Gasteiger partial charge >= 0.3 is 6.09 Å². The summed E-state index contributed by atoms with van der Waals surface area (Å²) in [6, 6.07) is 7.53. The van der Waals surface area contributed by atoms with E-state index in [0.717, 1.165) is 48.4 Å². The second-order valence-electron chi connectivity index (χ2n) is 9.75. The molecule has 9 heteroatoms. The Morgan fingerprint density at radius 2 is 1.86 bits per heavy atom. The molecule has 0 radical (unpaired) electrons. The Labute approximate surface area is 206 Å². The summed E-state index contributed by atoms with van der Waals surface area (Å²) in [4.78, 5) is 35.5. The fourth-order valence-electron chi connectivity index (χ4n) is 4.46. The molecule has 1 aliphatic rings. The van der Waals surface area contributed by atoms with Crippen molar-refractivity contribution in [1.82, 2.24) is 24.8 Å². The summed E-state index contributed by atoms with van der Waals surface area (Å²) in [7, 11) is 0. The lowest BCUT2D eigenvalue weighted by Gasteiger charge is -2.38. The van der Waals surface area contributed by atoms with Crippen LogP contribution in [-0.4, -0.2) is 49.6 Å². The lowest BCUT2D eigenvalue weighted by molar-refractivity contribution is 0.0515. The average molecular weight is 476 g/mol. The Kier molecular flexibility index (Phi) is 6.98. The maximum atomic E-state index is 13.8. The quantitative estimate of drug-likeness (QED) is 0.567. The first-order valence-electron chi connectivity index (χ1n) is 11.9. The van der Waals surface area contributed by atoms with Crippen molar-refractivity contribution in [2.75, 3.05) is 23.7 Å². The summed E-state index contributed by atoms with van der Waals surface area (Å²) < 4.78 is 5.88. The average Bonchev–Trinajstić information content (AvgIpc) is 3.34. The molecule has 1 fully saturated rings. The number of nitrogen functional groups attached to an aromatic ring is 1. The van der Waals surface area contributed by atoms with E-state index in [1.807, 2.05) is 58.9 Å². The topological polar surface area (TPSA) is 110 Å². The minimum absolute atomic E-state index is 0.356. The molecule has 0 spiro atoms. The number of aryl methyl sites for hydroxylation is 1. The van der Waals surface area contributed by atoms with E-state index in [4.69, 9.17) is 15.5 Å². The van der Waals surface area contributed by atoms with E-state index < -0.39 is 17.9 Å². The zero-order chi connectivity index (χ0) is 25.2. The Morgan fingerprint density at radius 1 is 1.11 bits per heavy atom. The van der Waals surface area contributed by atoms with Crippen molar-refractivity contribution >= 4 is 17.6 Å². The number of carbonyl (C=O) groups excluding carboxylic acids is 1. The number of aromatic nitrogens is 4. The number of hydrogen-bond acceptors (Lipinski definition) is 8. The van der Waals surface area contributed by atoms with Crippen molar-refractivity contribution in [1.29, 1.82) is 0 Å². The molecule has 1 atom stereocenters. The predicted molar refractivity (Wildman–Crippen MR) is 136 cm³/mol. The lowest BCUT2D eigenvalue weighted by Crippen LogP contribution is -2.47. The molecule has 0 saturated carbocycles. The summed E-state index contributed by atoms with van der Waals surface area (Å²) in [6.45, 7) is 11.0. The van der Waals surface area contributed by atoms with Gasteiger partial charge in [0.25, 0.3) is 0 Å². The van der Waals surface area contributed by atoms with Crippen molar-refractivity contribution < 1.29 is 9.53 Å². The molecule has 35 heavy (non-hydrogen) atoms. The van der Waals surface area contributed by atoms with E-state index in [0.29, 0.717) is 17.2 Å². The number of pyridine rings is 2. The number of nitrogens with zero attached hydrogens (tertiary/aromatic N) is 6. The van der Waals surface area contributed by atoms with Gasteiger partial charge < -0.3 is 10.5 Å². The van der Waals surface area contributed by atoms with Crippen LogP contribution in [0.15, 0.2) is 43.0 Å². The molecule has 1 amide bonds. The molecule has 0 aromatic carbocycles. The fraction of sp³-hybridized carbons (Fsp3) is 0.423. The van der Waals surface area contributed by atoms with Gasteiger partial charge in [0.15, 0.2) is 5.82 Å². The molecule has 9 nitrogen and oxygen atoms in total. The number of ether oxygens (including phenoxy) is 1. The van der Waals surface area contributed by atoms with Crippen molar-refractivity contribution in [2.45, 2.75) is 59.2 Å². The smallest absolute Gasteiger partial charge is 0.417 e. The Balaban J connectivity index is 1.91. The summed E-state index contributed by atoms with van der Waals surface area (Å²) in [6.07, 6.45) is 5.97. The van der Waals surface area contributed by atoms with Gasteiger partial charge in [0.1, 0.15) is 18.1 Å². The van der Waals surface area contributed by atoms with Crippen molar-refractivity contribution in [3.8, 4) is 11.3 Å². The van der Waals surface area contributed by atoms with Gasteiger partial charge in [-0.25, -0.2) is 24.6 Å². The van der Waals surface area contributed by atoms with E-state index in [2.05, 4.69) is 19.9 Å². The highest BCUT2D eigenvalue weighted by Crippen LogP contribution is 2.39.